The molecule has 0 fully saturated rings. The maximum Gasteiger partial charge on any atom is 0.170 e. The Hall–Kier alpha value is -1.39. The largest absolute Gasteiger partial charge is 0.362 e. The van der Waals surface area contributed by atoms with Crippen LogP contribution in [0, 0.1) is 0 Å². The van der Waals surface area contributed by atoms with E-state index in [4.69, 9.17) is 12.2 Å². The number of anilines is 1. The number of unbranched alkanes of at least 4 members (excludes halogenated alkanes) is 2. The molecule has 2 nitrogen and oxygen atoms in total. The molecule has 0 radical (unpaired) electrons. The zero-order chi connectivity index (χ0) is 16.2. The van der Waals surface area contributed by atoms with Crippen LogP contribution in [-0.4, -0.2) is 11.7 Å². The molecule has 1 aliphatic carbocycles. The molecule has 0 unspecified atom stereocenters. The second kappa shape index (κ2) is 7.45. The average Bonchev–Trinajstić information content (AvgIpc) is 2.88. The van der Waals surface area contributed by atoms with Gasteiger partial charge in [-0.3, -0.25) is 0 Å². The molecular weight excluding hydrogens is 368 g/mol. The summed E-state index contributed by atoms with van der Waals surface area (Å²) in [5.74, 6) is 0. The fourth-order valence-electron chi connectivity index (χ4n) is 3.01. The van der Waals surface area contributed by atoms with E-state index >= 15 is 0 Å². The number of benzene rings is 2. The smallest absolute Gasteiger partial charge is 0.170 e. The van der Waals surface area contributed by atoms with Crippen LogP contribution in [-0.2, 0) is 6.42 Å². The van der Waals surface area contributed by atoms with Crippen molar-refractivity contribution >= 4 is 38.9 Å². The van der Waals surface area contributed by atoms with E-state index in [1.807, 2.05) is 0 Å². The molecule has 3 rings (SSSR count). The molecule has 0 aromatic heterocycles. The van der Waals surface area contributed by atoms with Gasteiger partial charge in [-0.05, 0) is 71.6 Å². The summed E-state index contributed by atoms with van der Waals surface area (Å²) in [7, 11) is 0. The van der Waals surface area contributed by atoms with Crippen molar-refractivity contribution in [3.8, 4) is 11.1 Å². The molecule has 2 aromatic carbocycles. The summed E-state index contributed by atoms with van der Waals surface area (Å²) in [4.78, 5) is 0. The van der Waals surface area contributed by atoms with Crippen molar-refractivity contribution in [2.45, 2.75) is 32.6 Å². The summed E-state index contributed by atoms with van der Waals surface area (Å²) in [6, 6.07) is 13.0. The number of hydrogen-bond acceptors (Lipinski definition) is 1. The van der Waals surface area contributed by atoms with Crippen LogP contribution < -0.4 is 10.6 Å². The minimum atomic E-state index is 0.708. The van der Waals surface area contributed by atoms with Crippen LogP contribution in [0.2, 0.25) is 0 Å². The summed E-state index contributed by atoms with van der Waals surface area (Å²) in [5.41, 5.74) is 6.47. The van der Waals surface area contributed by atoms with Crippen molar-refractivity contribution in [3.63, 3.8) is 0 Å². The molecule has 0 saturated carbocycles. The van der Waals surface area contributed by atoms with E-state index in [-0.39, 0.29) is 0 Å². The van der Waals surface area contributed by atoms with Gasteiger partial charge >= 0.3 is 0 Å². The first-order valence-electron chi connectivity index (χ1n) is 8.14. The highest BCUT2D eigenvalue weighted by Crippen LogP contribution is 2.38. The first-order valence-corrected chi connectivity index (χ1v) is 9.34. The van der Waals surface area contributed by atoms with E-state index in [9.17, 15) is 0 Å². The third kappa shape index (κ3) is 3.93. The van der Waals surface area contributed by atoms with Gasteiger partial charge in [-0.1, -0.05) is 47.8 Å². The van der Waals surface area contributed by atoms with Crippen LogP contribution in [0.4, 0.5) is 5.69 Å². The van der Waals surface area contributed by atoms with Gasteiger partial charge in [-0.25, -0.2) is 0 Å². The SMILES string of the molecule is CCCCCNC(=S)Nc1ccc2c(c1)Cc1cc(Br)ccc1-2. The van der Waals surface area contributed by atoms with E-state index in [0.717, 1.165) is 29.5 Å². The lowest BCUT2D eigenvalue weighted by Crippen LogP contribution is -2.29. The Morgan fingerprint density at radius 2 is 1.83 bits per heavy atom. The number of halogens is 1. The molecule has 0 spiro atoms. The third-order valence-corrected chi connectivity index (χ3v) is 4.91. The Morgan fingerprint density at radius 3 is 2.61 bits per heavy atom. The van der Waals surface area contributed by atoms with E-state index in [0.29, 0.717) is 5.11 Å². The minimum Gasteiger partial charge on any atom is -0.362 e. The Kier molecular flexibility index (Phi) is 5.34. The van der Waals surface area contributed by atoms with Crippen LogP contribution in [0.25, 0.3) is 11.1 Å². The summed E-state index contributed by atoms with van der Waals surface area (Å²) < 4.78 is 1.14. The van der Waals surface area contributed by atoms with Crippen LogP contribution in [0.1, 0.15) is 37.3 Å². The molecule has 2 N–H and O–H groups in total. The van der Waals surface area contributed by atoms with Gasteiger partial charge < -0.3 is 10.6 Å². The summed E-state index contributed by atoms with van der Waals surface area (Å²) in [6.45, 7) is 3.14. The van der Waals surface area contributed by atoms with Crippen LogP contribution in [0.5, 0.6) is 0 Å². The molecular formula is C19H21BrN2S. The standard InChI is InChI=1S/C19H21BrN2S/c1-2-3-4-9-21-19(23)22-16-6-8-18-14(12-16)10-13-11-15(20)5-7-17(13)18/h5-8,11-12H,2-4,9-10H2,1H3,(H2,21,22,23). The molecule has 0 atom stereocenters. The van der Waals surface area contributed by atoms with Crippen LogP contribution in [0.3, 0.4) is 0 Å². The molecule has 0 amide bonds. The van der Waals surface area contributed by atoms with E-state index in [1.165, 1.54) is 35.1 Å². The maximum absolute atomic E-state index is 5.37. The molecule has 0 aliphatic heterocycles. The molecule has 0 saturated heterocycles. The number of fused-ring (bicyclic) bond motifs is 3. The highest BCUT2D eigenvalue weighted by Gasteiger charge is 2.18. The van der Waals surface area contributed by atoms with Gasteiger partial charge in [-0.2, -0.15) is 0 Å². The molecule has 23 heavy (non-hydrogen) atoms. The maximum atomic E-state index is 5.37. The van der Waals surface area contributed by atoms with Gasteiger partial charge in [0.25, 0.3) is 0 Å². The van der Waals surface area contributed by atoms with Crippen molar-refractivity contribution in [2.24, 2.45) is 0 Å². The fourth-order valence-corrected chi connectivity index (χ4v) is 3.64. The fraction of sp³-hybridized carbons (Fsp3) is 0.316. The molecule has 0 bridgehead atoms. The lowest BCUT2D eigenvalue weighted by Gasteiger charge is -2.11. The average molecular weight is 389 g/mol. The van der Waals surface area contributed by atoms with Crippen LogP contribution in [0.15, 0.2) is 40.9 Å². The normalized spacial score (nSPS) is 11.7. The number of hydrogen-bond donors (Lipinski definition) is 2. The van der Waals surface area contributed by atoms with Crippen LogP contribution >= 0.6 is 28.1 Å². The predicted octanol–water partition coefficient (Wildman–Crippen LogP) is 5.50. The number of nitrogens with one attached hydrogen (secondary N) is 2. The van der Waals surface area contributed by atoms with Crippen molar-refractivity contribution < 1.29 is 0 Å². The third-order valence-electron chi connectivity index (χ3n) is 4.17. The van der Waals surface area contributed by atoms with Crippen molar-refractivity contribution in [3.05, 3.63) is 52.0 Å². The van der Waals surface area contributed by atoms with E-state index < -0.39 is 0 Å². The van der Waals surface area contributed by atoms with Crippen molar-refractivity contribution in [2.75, 3.05) is 11.9 Å². The lowest BCUT2D eigenvalue weighted by molar-refractivity contribution is 0.698. The first kappa shape index (κ1) is 16.5. The molecule has 2 aromatic rings. The highest BCUT2D eigenvalue weighted by atomic mass is 79.9. The van der Waals surface area contributed by atoms with E-state index in [2.05, 4.69) is 69.9 Å². The minimum absolute atomic E-state index is 0.708. The van der Waals surface area contributed by atoms with Gasteiger partial charge in [0, 0.05) is 16.7 Å². The lowest BCUT2D eigenvalue weighted by atomic mass is 10.1. The molecule has 0 heterocycles. The number of rotatable bonds is 5. The molecule has 4 heteroatoms. The first-order chi connectivity index (χ1) is 11.2. The second-order valence-corrected chi connectivity index (χ2v) is 7.26. The van der Waals surface area contributed by atoms with E-state index in [1.54, 1.807) is 0 Å². The summed E-state index contributed by atoms with van der Waals surface area (Å²) in [5, 5.41) is 7.28. The Labute approximate surface area is 151 Å². The van der Waals surface area contributed by atoms with Gasteiger partial charge in [0.05, 0.1) is 0 Å². The van der Waals surface area contributed by atoms with Crippen molar-refractivity contribution in [1.29, 1.82) is 0 Å². The number of thiocarbonyl (C=S) groups is 1. The quantitative estimate of drug-likeness (QED) is 0.445. The monoisotopic (exact) mass is 388 g/mol. The van der Waals surface area contributed by atoms with Gasteiger partial charge in [-0.15, -0.1) is 0 Å². The second-order valence-electron chi connectivity index (χ2n) is 5.94. The molecule has 1 aliphatic rings. The summed E-state index contributed by atoms with van der Waals surface area (Å²) >= 11 is 8.93. The Balaban J connectivity index is 1.65. The summed E-state index contributed by atoms with van der Waals surface area (Å²) in [6.07, 6.45) is 4.61. The van der Waals surface area contributed by atoms with Gasteiger partial charge in [0.15, 0.2) is 5.11 Å². The highest BCUT2D eigenvalue weighted by molar-refractivity contribution is 9.10. The topological polar surface area (TPSA) is 24.1 Å². The predicted molar refractivity (Wildman–Crippen MR) is 106 cm³/mol. The zero-order valence-corrected chi connectivity index (χ0v) is 15.7. The van der Waals surface area contributed by atoms with Crippen molar-refractivity contribution in [1.82, 2.24) is 5.32 Å². The van der Waals surface area contributed by atoms with Gasteiger partial charge in [0.1, 0.15) is 0 Å². The Morgan fingerprint density at radius 1 is 1.09 bits per heavy atom. The van der Waals surface area contributed by atoms with Gasteiger partial charge in [0.2, 0.25) is 0 Å². The Bertz CT molecular complexity index is 727. The zero-order valence-electron chi connectivity index (χ0n) is 13.3. The molecule has 120 valence electrons.